The molecule has 3 fully saturated rings. The minimum atomic E-state index is 0.834. The Hall–Kier alpha value is -1.49. The van der Waals surface area contributed by atoms with Gasteiger partial charge in [0.05, 0.1) is 39.4 Å². The van der Waals surface area contributed by atoms with Crippen LogP contribution in [0.5, 0.6) is 0 Å². The van der Waals surface area contributed by atoms with E-state index in [9.17, 15) is 0 Å². The topological polar surface area (TPSA) is 22.8 Å². The summed E-state index contributed by atoms with van der Waals surface area (Å²) in [6.45, 7) is 8.41. The van der Waals surface area contributed by atoms with Gasteiger partial charge in [-0.2, -0.15) is 0 Å². The van der Waals surface area contributed by atoms with Crippen LogP contribution in [0.4, 0.5) is 11.5 Å². The SMILES string of the molecule is c1cc(N2CCCC2)c(N2CCCCC2)[n+](N2CCOCC2)c1. The molecule has 0 N–H and O–H groups in total. The first kappa shape index (κ1) is 15.1. The van der Waals surface area contributed by atoms with Gasteiger partial charge in [-0.15, -0.1) is 4.68 Å². The third kappa shape index (κ3) is 3.11. The Morgan fingerprint density at radius 3 is 2.17 bits per heavy atom. The molecule has 4 heterocycles. The molecule has 0 unspecified atom stereocenters. The zero-order valence-corrected chi connectivity index (χ0v) is 14.1. The Morgan fingerprint density at radius 1 is 0.783 bits per heavy atom. The van der Waals surface area contributed by atoms with Gasteiger partial charge in [0.2, 0.25) is 0 Å². The van der Waals surface area contributed by atoms with E-state index in [2.05, 4.69) is 37.8 Å². The third-order valence-electron chi connectivity index (χ3n) is 5.32. The molecule has 5 heteroatoms. The molecule has 0 aliphatic carbocycles. The molecule has 1 aromatic rings. The normalized spacial score (nSPS) is 22.7. The number of rotatable bonds is 3. The van der Waals surface area contributed by atoms with Gasteiger partial charge < -0.3 is 9.64 Å². The summed E-state index contributed by atoms with van der Waals surface area (Å²) < 4.78 is 7.98. The number of aromatic nitrogens is 1. The minimum absolute atomic E-state index is 0.834. The van der Waals surface area contributed by atoms with E-state index < -0.39 is 0 Å². The number of piperidine rings is 1. The Morgan fingerprint density at radius 2 is 1.43 bits per heavy atom. The van der Waals surface area contributed by atoms with Gasteiger partial charge in [0.25, 0.3) is 0 Å². The summed E-state index contributed by atoms with van der Waals surface area (Å²) in [5, 5.41) is 2.45. The second-order valence-corrected chi connectivity index (χ2v) is 6.87. The lowest BCUT2D eigenvalue weighted by atomic mass is 10.1. The van der Waals surface area contributed by atoms with Gasteiger partial charge in [-0.05, 0) is 44.2 Å². The average Bonchev–Trinajstić information content (AvgIpc) is 3.17. The van der Waals surface area contributed by atoms with Crippen molar-refractivity contribution in [2.75, 3.05) is 67.3 Å². The Labute approximate surface area is 139 Å². The molecule has 126 valence electrons. The van der Waals surface area contributed by atoms with Crippen LogP contribution in [0.2, 0.25) is 0 Å². The third-order valence-corrected chi connectivity index (χ3v) is 5.32. The van der Waals surface area contributed by atoms with Crippen molar-refractivity contribution in [3.8, 4) is 0 Å². The van der Waals surface area contributed by atoms with Gasteiger partial charge in [0.15, 0.2) is 0 Å². The van der Waals surface area contributed by atoms with Gasteiger partial charge in [-0.3, -0.25) is 4.90 Å². The maximum Gasteiger partial charge on any atom is 0.324 e. The Kier molecular flexibility index (Phi) is 4.55. The first-order valence-corrected chi connectivity index (χ1v) is 9.31. The van der Waals surface area contributed by atoms with Crippen molar-refractivity contribution in [3.63, 3.8) is 0 Å². The molecule has 0 aromatic carbocycles. The van der Waals surface area contributed by atoms with Crippen LogP contribution in [0.3, 0.4) is 0 Å². The highest BCUT2D eigenvalue weighted by molar-refractivity contribution is 5.64. The quantitative estimate of drug-likeness (QED) is 0.789. The summed E-state index contributed by atoms with van der Waals surface area (Å²) in [6.07, 6.45) is 8.90. The second-order valence-electron chi connectivity index (χ2n) is 6.87. The maximum atomic E-state index is 5.56. The number of morpholine rings is 1. The number of hydrogen-bond acceptors (Lipinski definition) is 4. The van der Waals surface area contributed by atoms with Crippen molar-refractivity contribution in [2.24, 2.45) is 0 Å². The number of pyridine rings is 1. The highest BCUT2D eigenvalue weighted by atomic mass is 16.5. The summed E-state index contributed by atoms with van der Waals surface area (Å²) in [7, 11) is 0. The first-order chi connectivity index (χ1) is 11.4. The fourth-order valence-electron chi connectivity index (χ4n) is 4.09. The molecule has 0 amide bonds. The van der Waals surface area contributed by atoms with E-state index in [4.69, 9.17) is 4.74 Å². The molecule has 5 nitrogen and oxygen atoms in total. The number of anilines is 2. The van der Waals surface area contributed by atoms with Gasteiger partial charge in [0.1, 0.15) is 11.9 Å². The van der Waals surface area contributed by atoms with Gasteiger partial charge in [0, 0.05) is 13.1 Å². The van der Waals surface area contributed by atoms with Gasteiger partial charge in [-0.1, -0.05) is 0 Å². The predicted molar refractivity (Wildman–Crippen MR) is 92.9 cm³/mol. The number of ether oxygens (including phenoxy) is 1. The fraction of sp³-hybridized carbons (Fsp3) is 0.722. The molecular weight excluding hydrogens is 288 g/mol. The zero-order valence-electron chi connectivity index (χ0n) is 14.1. The molecule has 0 bridgehead atoms. The zero-order chi connectivity index (χ0) is 15.5. The standard InChI is InChI=1S/C18H29N4O/c1-2-10-20(11-3-1)18-17(19-8-4-5-9-19)7-6-12-22(18)21-13-15-23-16-14-21/h6-7,12H,1-5,8-11,13-16H2/q+1. The molecule has 0 radical (unpaired) electrons. The molecule has 3 aliphatic heterocycles. The van der Waals surface area contributed by atoms with Gasteiger partial charge >= 0.3 is 5.82 Å². The molecule has 4 rings (SSSR count). The second kappa shape index (κ2) is 6.95. The number of hydrogen-bond donors (Lipinski definition) is 0. The molecule has 23 heavy (non-hydrogen) atoms. The van der Waals surface area contributed by atoms with E-state index in [1.807, 2.05) is 0 Å². The van der Waals surface area contributed by atoms with E-state index in [-0.39, 0.29) is 0 Å². The van der Waals surface area contributed by atoms with Gasteiger partial charge in [-0.25, -0.2) is 5.01 Å². The molecule has 0 saturated carbocycles. The van der Waals surface area contributed by atoms with Crippen molar-refractivity contribution >= 4 is 11.5 Å². The molecule has 3 aliphatic rings. The number of nitrogens with zero attached hydrogens (tertiary/aromatic N) is 4. The van der Waals surface area contributed by atoms with Crippen LogP contribution in [0, 0.1) is 0 Å². The van der Waals surface area contributed by atoms with E-state index >= 15 is 0 Å². The van der Waals surface area contributed by atoms with E-state index in [0.29, 0.717) is 0 Å². The van der Waals surface area contributed by atoms with Crippen LogP contribution in [0.1, 0.15) is 32.1 Å². The van der Waals surface area contributed by atoms with Crippen LogP contribution in [-0.2, 0) is 4.74 Å². The van der Waals surface area contributed by atoms with Crippen LogP contribution < -0.4 is 19.5 Å². The van der Waals surface area contributed by atoms with Crippen molar-refractivity contribution in [3.05, 3.63) is 18.3 Å². The lowest BCUT2D eigenvalue weighted by Crippen LogP contribution is -2.64. The van der Waals surface area contributed by atoms with Crippen LogP contribution >= 0.6 is 0 Å². The molecule has 1 aromatic heterocycles. The molecular formula is C18H29N4O+. The summed E-state index contributed by atoms with van der Waals surface area (Å²) in [4.78, 5) is 5.20. The Bertz CT molecular complexity index is 518. The summed E-state index contributed by atoms with van der Waals surface area (Å²) in [5.41, 5.74) is 1.43. The van der Waals surface area contributed by atoms with Crippen molar-refractivity contribution in [2.45, 2.75) is 32.1 Å². The fourth-order valence-corrected chi connectivity index (χ4v) is 4.09. The smallest absolute Gasteiger partial charge is 0.324 e. The summed E-state index contributed by atoms with van der Waals surface area (Å²) in [5.74, 6) is 1.41. The van der Waals surface area contributed by atoms with Crippen LogP contribution in [0.15, 0.2) is 18.3 Å². The minimum Gasteiger partial charge on any atom is -0.377 e. The molecule has 0 spiro atoms. The van der Waals surface area contributed by atoms with Crippen molar-refractivity contribution in [1.82, 2.24) is 0 Å². The summed E-state index contributed by atoms with van der Waals surface area (Å²) in [6, 6.07) is 4.54. The Balaban J connectivity index is 1.72. The molecule has 3 saturated heterocycles. The maximum absolute atomic E-state index is 5.56. The van der Waals surface area contributed by atoms with Crippen molar-refractivity contribution in [1.29, 1.82) is 0 Å². The lowest BCUT2D eigenvalue weighted by molar-refractivity contribution is -0.682. The van der Waals surface area contributed by atoms with Crippen LogP contribution in [0.25, 0.3) is 0 Å². The highest BCUT2D eigenvalue weighted by Gasteiger charge is 2.32. The van der Waals surface area contributed by atoms with Crippen molar-refractivity contribution < 1.29 is 9.41 Å². The molecule has 0 atom stereocenters. The van der Waals surface area contributed by atoms with E-state index in [0.717, 1.165) is 26.3 Å². The van der Waals surface area contributed by atoms with Crippen LogP contribution in [-0.4, -0.2) is 52.5 Å². The predicted octanol–water partition coefficient (Wildman–Crippen LogP) is 1.53. The van der Waals surface area contributed by atoms with E-state index in [1.165, 1.54) is 69.8 Å². The lowest BCUT2D eigenvalue weighted by Gasteiger charge is -2.33. The average molecular weight is 317 g/mol. The first-order valence-electron chi connectivity index (χ1n) is 9.31. The largest absolute Gasteiger partial charge is 0.377 e. The monoisotopic (exact) mass is 317 g/mol. The highest BCUT2D eigenvalue weighted by Crippen LogP contribution is 2.30. The summed E-state index contributed by atoms with van der Waals surface area (Å²) >= 11 is 0. The van der Waals surface area contributed by atoms with E-state index in [1.54, 1.807) is 0 Å².